The molecule has 0 aliphatic heterocycles. The fourth-order valence-corrected chi connectivity index (χ4v) is 4.59. The highest BCUT2D eigenvalue weighted by atomic mass is 16.5. The second-order valence-corrected chi connectivity index (χ2v) is 9.36. The molecular weight excluding hydrogens is 454 g/mol. The van der Waals surface area contributed by atoms with Crippen molar-refractivity contribution in [3.05, 3.63) is 17.8 Å². The summed E-state index contributed by atoms with van der Waals surface area (Å²) in [5.74, 6) is 2.02. The van der Waals surface area contributed by atoms with Gasteiger partial charge < -0.3 is 39.8 Å². The third-order valence-electron chi connectivity index (χ3n) is 6.83. The Labute approximate surface area is 202 Å². The van der Waals surface area contributed by atoms with Gasteiger partial charge in [0, 0.05) is 30.5 Å². The van der Waals surface area contributed by atoms with Crippen LogP contribution in [0.2, 0.25) is 0 Å². The van der Waals surface area contributed by atoms with Crippen LogP contribution in [0.25, 0.3) is 22.3 Å². The molecule has 11 heteroatoms. The Bertz CT molecular complexity index is 1230. The van der Waals surface area contributed by atoms with Crippen molar-refractivity contribution in [3.8, 4) is 23.1 Å². The van der Waals surface area contributed by atoms with Crippen molar-refractivity contribution >= 4 is 22.7 Å². The zero-order chi connectivity index (χ0) is 24.7. The number of aliphatic hydroxyl groups is 3. The molecule has 5 N–H and O–H groups in total. The number of nitrogens with one attached hydrogen (secondary N) is 2. The van der Waals surface area contributed by atoms with Crippen LogP contribution in [0.4, 0.5) is 11.8 Å². The molecule has 5 rings (SSSR count). The molecule has 0 amide bonds. The van der Waals surface area contributed by atoms with Crippen LogP contribution in [0, 0.1) is 18.8 Å². The number of hydrogen-bond acceptors (Lipinski definition) is 11. The summed E-state index contributed by atoms with van der Waals surface area (Å²) < 4.78 is 16.8. The van der Waals surface area contributed by atoms with E-state index in [0.29, 0.717) is 58.0 Å². The van der Waals surface area contributed by atoms with E-state index in [4.69, 9.17) is 13.9 Å². The number of furan rings is 1. The summed E-state index contributed by atoms with van der Waals surface area (Å²) in [6, 6.07) is 3.54. The van der Waals surface area contributed by atoms with E-state index in [2.05, 4.69) is 25.6 Å². The van der Waals surface area contributed by atoms with Gasteiger partial charge in [0.15, 0.2) is 11.3 Å². The van der Waals surface area contributed by atoms with Gasteiger partial charge in [-0.25, -0.2) is 4.98 Å². The number of methoxy groups -OCH3 is 2. The second kappa shape index (κ2) is 9.14. The number of aromatic nitrogens is 3. The zero-order valence-corrected chi connectivity index (χ0v) is 20.0. The number of rotatable bonds is 9. The third-order valence-corrected chi connectivity index (χ3v) is 6.83. The summed E-state index contributed by atoms with van der Waals surface area (Å²) in [5, 5.41) is 38.6. The quantitative estimate of drug-likeness (QED) is 0.284. The van der Waals surface area contributed by atoms with Crippen LogP contribution in [0.15, 0.2) is 16.5 Å². The van der Waals surface area contributed by atoms with E-state index >= 15 is 0 Å². The van der Waals surface area contributed by atoms with E-state index in [-0.39, 0.29) is 18.9 Å². The lowest BCUT2D eigenvalue weighted by molar-refractivity contribution is -0.0545. The van der Waals surface area contributed by atoms with Crippen LogP contribution in [-0.4, -0.2) is 69.5 Å². The normalized spacial score (nSPS) is 24.1. The average molecular weight is 486 g/mol. The Hall–Kier alpha value is -3.15. The van der Waals surface area contributed by atoms with Crippen molar-refractivity contribution in [2.45, 2.75) is 44.4 Å². The number of anilines is 2. The maximum Gasteiger partial charge on any atom is 0.261 e. The minimum Gasteiger partial charge on any atom is -0.481 e. The number of hydrogen-bond donors (Lipinski definition) is 5. The Morgan fingerprint density at radius 3 is 2.60 bits per heavy atom. The first-order chi connectivity index (χ1) is 16.8. The summed E-state index contributed by atoms with van der Waals surface area (Å²) >= 11 is 0. The monoisotopic (exact) mass is 485 g/mol. The minimum atomic E-state index is -1.66. The van der Waals surface area contributed by atoms with Crippen LogP contribution in [0.3, 0.4) is 0 Å². The lowest BCUT2D eigenvalue weighted by Gasteiger charge is -2.31. The SMILES string of the molecule is COc1cc2cc(-c3c(C)nc(NCC4CC4)nc3N[C@@]3(O)CC[C@H](CO)[C@H]3O)oc2c(OC)n1. The van der Waals surface area contributed by atoms with E-state index in [0.717, 1.165) is 6.54 Å². The Morgan fingerprint density at radius 1 is 1.14 bits per heavy atom. The summed E-state index contributed by atoms with van der Waals surface area (Å²) in [4.78, 5) is 13.6. The van der Waals surface area contributed by atoms with Crippen LogP contribution < -0.4 is 20.1 Å². The highest BCUT2D eigenvalue weighted by Crippen LogP contribution is 2.41. The second-order valence-electron chi connectivity index (χ2n) is 9.36. The molecule has 2 fully saturated rings. The minimum absolute atomic E-state index is 0.215. The van der Waals surface area contributed by atoms with Crippen molar-refractivity contribution in [2.75, 3.05) is 38.0 Å². The molecule has 2 aliphatic rings. The van der Waals surface area contributed by atoms with Crippen molar-refractivity contribution in [2.24, 2.45) is 11.8 Å². The van der Waals surface area contributed by atoms with Gasteiger partial charge in [0.05, 0.1) is 25.5 Å². The molecule has 0 spiro atoms. The molecular formula is C24H31N5O6. The number of nitrogens with zero attached hydrogens (tertiary/aromatic N) is 3. The van der Waals surface area contributed by atoms with Crippen molar-refractivity contribution < 1.29 is 29.2 Å². The Morgan fingerprint density at radius 2 is 1.94 bits per heavy atom. The standard InChI is InChI=1S/C24H31N5O6/c1-12-18(16-8-15-9-17(33-2)27-22(34-3)19(15)35-16)21(28-23(26-12)25-10-13-4-5-13)29-24(32)7-6-14(11-30)20(24)31/h8-9,13-14,20,30-32H,4-7,10-11H2,1-3H3,(H2,25,26,28,29)/t14-,20-,24-/m1/s1. The van der Waals surface area contributed by atoms with Crippen LogP contribution >= 0.6 is 0 Å². The zero-order valence-electron chi connectivity index (χ0n) is 20.0. The largest absolute Gasteiger partial charge is 0.481 e. The number of fused-ring (bicyclic) bond motifs is 1. The van der Waals surface area contributed by atoms with Crippen molar-refractivity contribution in [3.63, 3.8) is 0 Å². The molecule has 3 aromatic heterocycles. The van der Waals surface area contributed by atoms with Crippen LogP contribution in [0.1, 0.15) is 31.4 Å². The molecule has 0 unspecified atom stereocenters. The first kappa shape index (κ1) is 23.6. The summed E-state index contributed by atoms with van der Waals surface area (Å²) in [7, 11) is 3.02. The van der Waals surface area contributed by atoms with Gasteiger partial charge in [0.25, 0.3) is 5.88 Å². The number of aryl methyl sites for hydroxylation is 1. The van der Waals surface area contributed by atoms with E-state index in [9.17, 15) is 15.3 Å². The maximum atomic E-state index is 11.3. The predicted molar refractivity (Wildman–Crippen MR) is 128 cm³/mol. The maximum absolute atomic E-state index is 11.3. The van der Waals surface area contributed by atoms with Gasteiger partial charge in [-0.2, -0.15) is 9.97 Å². The molecule has 3 heterocycles. The molecule has 11 nitrogen and oxygen atoms in total. The van der Waals surface area contributed by atoms with Gasteiger partial charge in [-0.3, -0.25) is 0 Å². The van der Waals surface area contributed by atoms with Crippen LogP contribution in [0.5, 0.6) is 11.8 Å². The molecule has 35 heavy (non-hydrogen) atoms. The van der Waals surface area contributed by atoms with E-state index < -0.39 is 17.7 Å². The van der Waals surface area contributed by atoms with Gasteiger partial charge in [-0.05, 0) is 44.6 Å². The highest BCUT2D eigenvalue weighted by Gasteiger charge is 2.47. The van der Waals surface area contributed by atoms with Gasteiger partial charge >= 0.3 is 0 Å². The van der Waals surface area contributed by atoms with Gasteiger partial charge in [-0.15, -0.1) is 0 Å². The Balaban J connectivity index is 1.59. The van der Waals surface area contributed by atoms with Gasteiger partial charge in [0.2, 0.25) is 11.8 Å². The fourth-order valence-electron chi connectivity index (χ4n) is 4.59. The molecule has 3 atom stereocenters. The molecule has 0 saturated heterocycles. The summed E-state index contributed by atoms with van der Waals surface area (Å²) in [6.07, 6.45) is 1.93. The van der Waals surface area contributed by atoms with Crippen LogP contribution in [-0.2, 0) is 0 Å². The summed E-state index contributed by atoms with van der Waals surface area (Å²) in [6.45, 7) is 2.39. The van der Waals surface area contributed by atoms with Crippen molar-refractivity contribution in [1.82, 2.24) is 15.0 Å². The van der Waals surface area contributed by atoms with E-state index in [1.807, 2.05) is 13.0 Å². The Kier molecular flexibility index (Phi) is 6.16. The summed E-state index contributed by atoms with van der Waals surface area (Å²) in [5.41, 5.74) is -0.0732. The number of pyridine rings is 1. The molecule has 3 aromatic rings. The first-order valence-electron chi connectivity index (χ1n) is 11.8. The lowest BCUT2D eigenvalue weighted by atomic mass is 10.0. The van der Waals surface area contributed by atoms with E-state index in [1.54, 1.807) is 6.07 Å². The highest BCUT2D eigenvalue weighted by molar-refractivity contribution is 5.89. The molecule has 2 saturated carbocycles. The smallest absolute Gasteiger partial charge is 0.261 e. The van der Waals surface area contributed by atoms with E-state index in [1.165, 1.54) is 27.1 Å². The molecule has 188 valence electrons. The molecule has 0 aromatic carbocycles. The number of ether oxygens (including phenoxy) is 2. The van der Waals surface area contributed by atoms with Gasteiger partial charge in [-0.1, -0.05) is 0 Å². The predicted octanol–water partition coefficient (Wildman–Crippen LogP) is 2.30. The molecule has 0 bridgehead atoms. The molecule has 2 aliphatic carbocycles. The topological polar surface area (TPSA) is 155 Å². The molecule has 0 radical (unpaired) electrons. The third kappa shape index (κ3) is 4.46. The lowest BCUT2D eigenvalue weighted by Crippen LogP contribution is -2.48. The number of aliphatic hydroxyl groups excluding tert-OH is 2. The average Bonchev–Trinajstić information content (AvgIpc) is 3.51. The fraction of sp³-hybridized carbons (Fsp3) is 0.542. The first-order valence-corrected chi connectivity index (χ1v) is 11.8. The van der Waals surface area contributed by atoms with Crippen molar-refractivity contribution in [1.29, 1.82) is 0 Å². The van der Waals surface area contributed by atoms with Gasteiger partial charge in [0.1, 0.15) is 17.7 Å².